The molecule has 2 saturated heterocycles. The zero-order chi connectivity index (χ0) is 20.1. The molecule has 0 aliphatic carbocycles. The van der Waals surface area contributed by atoms with E-state index in [1.165, 1.54) is 27.7 Å². The average Bonchev–Trinajstić information content (AvgIpc) is 3.42. The summed E-state index contributed by atoms with van der Waals surface area (Å²) in [7, 11) is 0. The second kappa shape index (κ2) is 7.38. The maximum atomic E-state index is 12.8. The van der Waals surface area contributed by atoms with Crippen molar-refractivity contribution < 1.29 is 19.1 Å². The number of ether oxygens (including phenoxy) is 1. The molecular weight excluding hydrogens is 434 g/mol. The van der Waals surface area contributed by atoms with Crippen LogP contribution in [-0.4, -0.2) is 58.7 Å². The maximum absolute atomic E-state index is 12.8. The third-order valence-electron chi connectivity index (χ3n) is 5.39. The van der Waals surface area contributed by atoms with Crippen LogP contribution in [0.25, 0.3) is 0 Å². The van der Waals surface area contributed by atoms with E-state index in [4.69, 9.17) is 4.74 Å². The summed E-state index contributed by atoms with van der Waals surface area (Å²) in [5.41, 5.74) is 0. The summed E-state index contributed by atoms with van der Waals surface area (Å²) in [4.78, 5) is 53.6. The van der Waals surface area contributed by atoms with Gasteiger partial charge in [-0.1, -0.05) is 29.2 Å². The van der Waals surface area contributed by atoms with E-state index in [0.717, 1.165) is 21.1 Å². The molecule has 5 rings (SSSR count). The first-order chi connectivity index (χ1) is 14.0. The number of aromatic nitrogens is 1. The Kier molecular flexibility index (Phi) is 4.85. The Morgan fingerprint density at radius 2 is 2.00 bits per heavy atom. The highest BCUT2D eigenvalue weighted by Crippen LogP contribution is 2.52. The molecule has 3 aliphatic rings. The lowest BCUT2D eigenvalue weighted by atomic mass is 9.87. The van der Waals surface area contributed by atoms with Crippen LogP contribution in [0.1, 0.15) is 15.7 Å². The fraction of sp³-hybridized carbons (Fsp3) is 0.444. The van der Waals surface area contributed by atoms with Gasteiger partial charge in [0.2, 0.25) is 17.7 Å². The second-order valence-electron chi connectivity index (χ2n) is 7.03. The molecule has 2 aromatic rings. The lowest BCUT2D eigenvalue weighted by Gasteiger charge is -2.30. The Hall–Kier alpha value is -1.95. The number of nitrogens with zero attached hydrogens (tertiary/aromatic N) is 2. The molecule has 11 heteroatoms. The number of carbonyl (C=O) groups is 3. The minimum Gasteiger partial charge on any atom is -0.378 e. The Bertz CT molecular complexity index is 1040. The van der Waals surface area contributed by atoms with Gasteiger partial charge in [-0.3, -0.25) is 29.1 Å². The van der Waals surface area contributed by atoms with Crippen molar-refractivity contribution in [2.24, 2.45) is 5.92 Å². The van der Waals surface area contributed by atoms with Crippen LogP contribution in [0.2, 0.25) is 0 Å². The lowest BCUT2D eigenvalue weighted by Crippen LogP contribution is -2.43. The average molecular weight is 452 g/mol. The highest BCUT2D eigenvalue weighted by atomic mass is 32.2. The quantitative estimate of drug-likeness (QED) is 0.691. The molecule has 5 heterocycles. The molecule has 2 fully saturated rings. The van der Waals surface area contributed by atoms with Gasteiger partial charge in [0.1, 0.15) is 11.8 Å². The van der Waals surface area contributed by atoms with E-state index in [0.29, 0.717) is 31.3 Å². The number of morpholine rings is 1. The SMILES string of the molecule is O=C1NC(=O)C2C1Sc1c(sc(=O)n1CC(=O)N1CCOCC1)[C@H]2c1cccs1. The Labute approximate surface area is 177 Å². The number of thiazole rings is 1. The van der Waals surface area contributed by atoms with E-state index >= 15 is 0 Å². The smallest absolute Gasteiger partial charge is 0.308 e. The predicted octanol–water partition coefficient (Wildman–Crippen LogP) is 0.709. The van der Waals surface area contributed by atoms with Crippen LogP contribution in [0.4, 0.5) is 0 Å². The van der Waals surface area contributed by atoms with Gasteiger partial charge in [0.25, 0.3) is 0 Å². The Balaban J connectivity index is 1.55. The van der Waals surface area contributed by atoms with Gasteiger partial charge in [0, 0.05) is 28.8 Å². The molecular formula is C18H17N3O5S3. The molecule has 3 aliphatic heterocycles. The van der Waals surface area contributed by atoms with Crippen molar-refractivity contribution in [2.75, 3.05) is 26.3 Å². The molecule has 2 aromatic heterocycles. The van der Waals surface area contributed by atoms with Gasteiger partial charge in [0.15, 0.2) is 0 Å². The van der Waals surface area contributed by atoms with E-state index < -0.39 is 11.2 Å². The zero-order valence-electron chi connectivity index (χ0n) is 15.2. The van der Waals surface area contributed by atoms with Crippen molar-refractivity contribution in [3.63, 3.8) is 0 Å². The van der Waals surface area contributed by atoms with Gasteiger partial charge < -0.3 is 9.64 Å². The standard InChI is InChI=1S/C18H17N3O5S3/c22-10(20-3-5-26-6-4-20)8-21-17-14(29-18(21)25)11(9-2-1-7-27-9)12-13(28-17)16(24)19-15(12)23/h1-2,7,11-13H,3-6,8H2,(H,19,23,24)/t11-,12?,13?/m0/s1. The van der Waals surface area contributed by atoms with Gasteiger partial charge in [0.05, 0.1) is 24.2 Å². The monoisotopic (exact) mass is 451 g/mol. The van der Waals surface area contributed by atoms with E-state index in [1.807, 2.05) is 17.5 Å². The van der Waals surface area contributed by atoms with Crippen molar-refractivity contribution in [1.29, 1.82) is 0 Å². The summed E-state index contributed by atoms with van der Waals surface area (Å²) < 4.78 is 6.75. The minimum atomic E-state index is -0.596. The van der Waals surface area contributed by atoms with E-state index in [2.05, 4.69) is 5.32 Å². The first-order valence-electron chi connectivity index (χ1n) is 9.18. The molecule has 0 spiro atoms. The van der Waals surface area contributed by atoms with Gasteiger partial charge in [-0.25, -0.2) is 0 Å². The van der Waals surface area contributed by atoms with Crippen LogP contribution in [-0.2, 0) is 25.7 Å². The molecule has 0 aromatic carbocycles. The molecule has 2 unspecified atom stereocenters. The van der Waals surface area contributed by atoms with E-state index in [1.54, 1.807) is 4.90 Å². The molecule has 0 bridgehead atoms. The van der Waals surface area contributed by atoms with Gasteiger partial charge in [-0.2, -0.15) is 0 Å². The largest absolute Gasteiger partial charge is 0.378 e. The van der Waals surface area contributed by atoms with E-state index in [9.17, 15) is 19.2 Å². The van der Waals surface area contributed by atoms with Crippen LogP contribution in [0.3, 0.4) is 0 Å². The second-order valence-corrected chi connectivity index (χ2v) is 10.1. The first kappa shape index (κ1) is 19.0. The number of nitrogens with one attached hydrogen (secondary N) is 1. The summed E-state index contributed by atoms with van der Waals surface area (Å²) >= 11 is 3.80. The molecule has 3 amide bonds. The lowest BCUT2D eigenvalue weighted by molar-refractivity contribution is -0.136. The predicted molar refractivity (Wildman–Crippen MR) is 108 cm³/mol. The van der Waals surface area contributed by atoms with Crippen LogP contribution >= 0.6 is 34.4 Å². The normalized spacial score (nSPS) is 26.2. The minimum absolute atomic E-state index is 0.0677. The van der Waals surface area contributed by atoms with Gasteiger partial charge in [-0.15, -0.1) is 11.3 Å². The fourth-order valence-corrected chi connectivity index (χ4v) is 7.69. The van der Waals surface area contributed by atoms with Crippen LogP contribution in [0.5, 0.6) is 0 Å². The third-order valence-corrected chi connectivity index (χ3v) is 8.97. The number of amides is 3. The number of thiophene rings is 1. The van der Waals surface area contributed by atoms with Gasteiger partial charge in [-0.05, 0) is 11.4 Å². The fourth-order valence-electron chi connectivity index (χ4n) is 4.00. The summed E-state index contributed by atoms with van der Waals surface area (Å²) in [6, 6.07) is 3.82. The Morgan fingerprint density at radius 3 is 2.72 bits per heavy atom. The van der Waals surface area contributed by atoms with Crippen LogP contribution in [0, 0.1) is 5.92 Å². The molecule has 0 saturated carbocycles. The number of rotatable bonds is 3. The molecule has 0 radical (unpaired) electrons. The van der Waals surface area contributed by atoms with Crippen molar-refractivity contribution in [3.05, 3.63) is 36.9 Å². The number of hydrogen-bond acceptors (Lipinski definition) is 8. The molecule has 152 valence electrons. The van der Waals surface area contributed by atoms with Gasteiger partial charge >= 0.3 is 4.87 Å². The summed E-state index contributed by atoms with van der Waals surface area (Å²) in [6.07, 6.45) is 0. The number of thioether (sulfide) groups is 1. The van der Waals surface area contributed by atoms with Crippen LogP contribution in [0.15, 0.2) is 27.3 Å². The highest BCUT2D eigenvalue weighted by Gasteiger charge is 2.53. The summed E-state index contributed by atoms with van der Waals surface area (Å²) in [6.45, 7) is 1.92. The summed E-state index contributed by atoms with van der Waals surface area (Å²) in [5, 5.41) is 4.39. The molecule has 3 atom stereocenters. The maximum Gasteiger partial charge on any atom is 0.308 e. The molecule has 1 N–H and O–H groups in total. The van der Waals surface area contributed by atoms with Crippen molar-refractivity contribution >= 4 is 52.2 Å². The number of hydrogen-bond donors (Lipinski definition) is 1. The zero-order valence-corrected chi connectivity index (χ0v) is 17.6. The van der Waals surface area contributed by atoms with Crippen molar-refractivity contribution in [2.45, 2.75) is 22.7 Å². The number of imide groups is 1. The van der Waals surface area contributed by atoms with E-state index in [-0.39, 0.29) is 35.1 Å². The van der Waals surface area contributed by atoms with Crippen molar-refractivity contribution in [1.82, 2.24) is 14.8 Å². The number of carbonyl (C=O) groups excluding carboxylic acids is 3. The topological polar surface area (TPSA) is 97.7 Å². The van der Waals surface area contributed by atoms with Crippen molar-refractivity contribution in [3.8, 4) is 0 Å². The summed E-state index contributed by atoms with van der Waals surface area (Å²) in [5.74, 6) is -1.66. The molecule has 29 heavy (non-hydrogen) atoms. The Morgan fingerprint density at radius 1 is 1.21 bits per heavy atom. The third kappa shape index (κ3) is 3.16. The first-order valence-corrected chi connectivity index (χ1v) is 11.8. The highest BCUT2D eigenvalue weighted by molar-refractivity contribution is 8.00. The molecule has 8 nitrogen and oxygen atoms in total. The number of fused-ring (bicyclic) bond motifs is 2. The van der Waals surface area contributed by atoms with Crippen LogP contribution < -0.4 is 10.2 Å².